The summed E-state index contributed by atoms with van der Waals surface area (Å²) in [7, 11) is 0. The number of ketones is 1. The Labute approximate surface area is 161 Å². The number of aryl methyl sites for hydroxylation is 2. The third-order valence-electron chi connectivity index (χ3n) is 5.10. The molecule has 0 aliphatic carbocycles. The van der Waals surface area contributed by atoms with Gasteiger partial charge < -0.3 is 10.4 Å². The molecule has 140 valence electrons. The number of carbonyl (C=O) groups is 1. The zero-order chi connectivity index (χ0) is 19.4. The topological polar surface area (TPSA) is 49.3 Å². The predicted molar refractivity (Wildman–Crippen MR) is 111 cm³/mol. The second-order valence-corrected chi connectivity index (χ2v) is 7.25. The van der Waals surface area contributed by atoms with E-state index in [1.165, 1.54) is 5.56 Å². The van der Waals surface area contributed by atoms with E-state index in [1.807, 2.05) is 56.3 Å². The second-order valence-electron chi connectivity index (χ2n) is 7.25. The molecule has 3 aromatic rings. The maximum absolute atomic E-state index is 12.9. The van der Waals surface area contributed by atoms with Gasteiger partial charge in [0.25, 0.3) is 0 Å². The summed E-state index contributed by atoms with van der Waals surface area (Å²) in [6, 6.07) is 19.8. The fourth-order valence-electron chi connectivity index (χ4n) is 3.52. The number of carbonyl (C=O) groups excluding carboxylic acids is 1. The van der Waals surface area contributed by atoms with E-state index in [9.17, 15) is 9.90 Å². The first-order valence-electron chi connectivity index (χ1n) is 9.47. The van der Waals surface area contributed by atoms with E-state index in [0.717, 1.165) is 27.5 Å². The molecule has 0 aliphatic heterocycles. The summed E-state index contributed by atoms with van der Waals surface area (Å²) in [5.41, 5.74) is 3.89. The van der Waals surface area contributed by atoms with Gasteiger partial charge >= 0.3 is 0 Å². The Bertz CT molecular complexity index is 934. The van der Waals surface area contributed by atoms with Crippen molar-refractivity contribution in [1.29, 1.82) is 0 Å². The minimum absolute atomic E-state index is 0.128. The molecule has 0 radical (unpaired) electrons. The van der Waals surface area contributed by atoms with Crippen LogP contribution < -0.4 is 5.32 Å². The van der Waals surface area contributed by atoms with Crippen LogP contribution in [-0.4, -0.2) is 23.5 Å². The number of Topliss-reactive ketones (excluding diaryl/α,β-unsaturated/α-hetero) is 1. The standard InChI is InChI=1S/C24H27NO2/c1-16-9-12-21-20(15-16)11-10-17(2)23(21)22(26)13-14-25-18(3)24(27)19-7-5-4-6-8-19/h4-12,15,18,24-25,27H,13-14H2,1-3H3. The molecule has 0 spiro atoms. The molecule has 3 heteroatoms. The number of fused-ring (bicyclic) bond motifs is 1. The lowest BCUT2D eigenvalue weighted by atomic mass is 9.94. The fourth-order valence-corrected chi connectivity index (χ4v) is 3.52. The lowest BCUT2D eigenvalue weighted by molar-refractivity contribution is 0.0973. The molecule has 2 N–H and O–H groups in total. The number of nitrogens with one attached hydrogen (secondary N) is 1. The van der Waals surface area contributed by atoms with Crippen LogP contribution in [0.5, 0.6) is 0 Å². The average Bonchev–Trinajstić information content (AvgIpc) is 2.67. The van der Waals surface area contributed by atoms with Crippen molar-refractivity contribution in [2.75, 3.05) is 6.54 Å². The molecule has 0 saturated carbocycles. The van der Waals surface area contributed by atoms with Crippen LogP contribution in [0.15, 0.2) is 60.7 Å². The van der Waals surface area contributed by atoms with Gasteiger partial charge in [0.2, 0.25) is 0 Å². The van der Waals surface area contributed by atoms with Crippen molar-refractivity contribution in [2.45, 2.75) is 39.3 Å². The van der Waals surface area contributed by atoms with Gasteiger partial charge in [-0.15, -0.1) is 0 Å². The Hall–Kier alpha value is -2.49. The number of hydrogen-bond acceptors (Lipinski definition) is 3. The number of rotatable bonds is 7. The first-order valence-corrected chi connectivity index (χ1v) is 9.47. The Kier molecular flexibility index (Phi) is 6.04. The Morgan fingerprint density at radius 1 is 1.04 bits per heavy atom. The van der Waals surface area contributed by atoms with E-state index in [0.29, 0.717) is 13.0 Å². The highest BCUT2D eigenvalue weighted by molar-refractivity contribution is 6.09. The van der Waals surface area contributed by atoms with Crippen molar-refractivity contribution in [1.82, 2.24) is 5.32 Å². The molecule has 2 unspecified atom stereocenters. The second kappa shape index (κ2) is 8.47. The molecule has 0 aromatic heterocycles. The molecule has 0 saturated heterocycles. The van der Waals surface area contributed by atoms with Crippen LogP contribution in [-0.2, 0) is 0 Å². The maximum Gasteiger partial charge on any atom is 0.165 e. The quantitative estimate of drug-likeness (QED) is 0.598. The molecule has 3 nitrogen and oxygen atoms in total. The van der Waals surface area contributed by atoms with Gasteiger partial charge in [0.1, 0.15) is 0 Å². The molecule has 3 rings (SSSR count). The summed E-state index contributed by atoms with van der Waals surface area (Å²) in [5.74, 6) is 0.135. The highest BCUT2D eigenvalue weighted by atomic mass is 16.3. The average molecular weight is 361 g/mol. The molecule has 0 amide bonds. The number of benzene rings is 3. The van der Waals surface area contributed by atoms with Crippen LogP contribution in [0.25, 0.3) is 10.8 Å². The van der Waals surface area contributed by atoms with Crippen LogP contribution in [0, 0.1) is 13.8 Å². The maximum atomic E-state index is 12.9. The molecule has 0 aliphatic rings. The van der Waals surface area contributed by atoms with Gasteiger partial charge in [-0.1, -0.05) is 66.2 Å². The van der Waals surface area contributed by atoms with E-state index >= 15 is 0 Å². The number of aliphatic hydroxyl groups excluding tert-OH is 1. The summed E-state index contributed by atoms with van der Waals surface area (Å²) >= 11 is 0. The third kappa shape index (κ3) is 4.44. The minimum atomic E-state index is -0.594. The van der Waals surface area contributed by atoms with Crippen molar-refractivity contribution in [3.63, 3.8) is 0 Å². The minimum Gasteiger partial charge on any atom is -0.387 e. The first kappa shape index (κ1) is 19.3. The van der Waals surface area contributed by atoms with Gasteiger partial charge in [0.15, 0.2) is 5.78 Å². The fraction of sp³-hybridized carbons (Fsp3) is 0.292. The van der Waals surface area contributed by atoms with Crippen molar-refractivity contribution >= 4 is 16.6 Å². The Balaban J connectivity index is 1.66. The van der Waals surface area contributed by atoms with Gasteiger partial charge in [-0.25, -0.2) is 0 Å². The Morgan fingerprint density at radius 2 is 1.78 bits per heavy atom. The highest BCUT2D eigenvalue weighted by Gasteiger charge is 2.17. The van der Waals surface area contributed by atoms with E-state index in [-0.39, 0.29) is 11.8 Å². The van der Waals surface area contributed by atoms with Crippen molar-refractivity contribution in [3.8, 4) is 0 Å². The molecular formula is C24H27NO2. The van der Waals surface area contributed by atoms with Crippen LogP contribution >= 0.6 is 0 Å². The molecule has 0 heterocycles. The SMILES string of the molecule is Cc1ccc2c(C(=O)CCNC(C)C(O)c3ccccc3)c(C)ccc2c1. The van der Waals surface area contributed by atoms with Crippen molar-refractivity contribution in [3.05, 3.63) is 82.9 Å². The third-order valence-corrected chi connectivity index (χ3v) is 5.10. The van der Waals surface area contributed by atoms with Crippen LogP contribution in [0.3, 0.4) is 0 Å². The number of hydrogen-bond donors (Lipinski definition) is 2. The Morgan fingerprint density at radius 3 is 2.52 bits per heavy atom. The zero-order valence-corrected chi connectivity index (χ0v) is 16.2. The largest absolute Gasteiger partial charge is 0.387 e. The predicted octanol–water partition coefficient (Wildman–Crippen LogP) is 4.74. The molecule has 2 atom stereocenters. The normalized spacial score (nSPS) is 13.5. The first-order chi connectivity index (χ1) is 13.0. The van der Waals surface area contributed by atoms with Crippen LogP contribution in [0.1, 0.15) is 46.5 Å². The van der Waals surface area contributed by atoms with Gasteiger partial charge in [0, 0.05) is 24.6 Å². The van der Waals surface area contributed by atoms with E-state index in [1.54, 1.807) is 0 Å². The van der Waals surface area contributed by atoms with E-state index < -0.39 is 6.10 Å². The van der Waals surface area contributed by atoms with E-state index in [4.69, 9.17) is 0 Å². The summed E-state index contributed by atoms with van der Waals surface area (Å²) in [6.45, 7) is 6.52. The molecule has 3 aromatic carbocycles. The van der Waals surface area contributed by atoms with Gasteiger partial charge in [-0.05, 0) is 42.7 Å². The smallest absolute Gasteiger partial charge is 0.165 e. The van der Waals surface area contributed by atoms with Gasteiger partial charge in [-0.2, -0.15) is 0 Å². The molecular weight excluding hydrogens is 334 g/mol. The molecule has 27 heavy (non-hydrogen) atoms. The van der Waals surface area contributed by atoms with Crippen LogP contribution in [0.4, 0.5) is 0 Å². The summed E-state index contributed by atoms with van der Waals surface area (Å²) in [4.78, 5) is 12.9. The van der Waals surface area contributed by atoms with Crippen molar-refractivity contribution in [2.24, 2.45) is 0 Å². The molecule has 0 bridgehead atoms. The van der Waals surface area contributed by atoms with Gasteiger partial charge in [-0.3, -0.25) is 4.79 Å². The number of aliphatic hydroxyl groups is 1. The zero-order valence-electron chi connectivity index (χ0n) is 16.2. The monoisotopic (exact) mass is 361 g/mol. The van der Waals surface area contributed by atoms with Crippen molar-refractivity contribution < 1.29 is 9.90 Å². The van der Waals surface area contributed by atoms with Gasteiger partial charge in [0.05, 0.1) is 6.10 Å². The van der Waals surface area contributed by atoms with E-state index in [2.05, 4.69) is 30.4 Å². The summed E-state index contributed by atoms with van der Waals surface area (Å²) in [5, 5.41) is 15.8. The summed E-state index contributed by atoms with van der Waals surface area (Å²) in [6.07, 6.45) is -0.191. The summed E-state index contributed by atoms with van der Waals surface area (Å²) < 4.78 is 0. The lowest BCUT2D eigenvalue weighted by Gasteiger charge is -2.20. The lowest BCUT2D eigenvalue weighted by Crippen LogP contribution is -2.33. The highest BCUT2D eigenvalue weighted by Crippen LogP contribution is 2.24. The molecule has 0 fully saturated rings. The van der Waals surface area contributed by atoms with Crippen LogP contribution in [0.2, 0.25) is 0 Å².